The summed E-state index contributed by atoms with van der Waals surface area (Å²) in [6.45, 7) is 3.09. The number of pyridine rings is 1. The van der Waals surface area contributed by atoms with Crippen LogP contribution in [-0.4, -0.2) is 40.6 Å². The van der Waals surface area contributed by atoms with Gasteiger partial charge in [0, 0.05) is 37.2 Å². The van der Waals surface area contributed by atoms with Crippen molar-refractivity contribution in [2.45, 2.75) is 25.7 Å². The molecule has 7 nitrogen and oxygen atoms in total. The Labute approximate surface area is 178 Å². The van der Waals surface area contributed by atoms with Crippen LogP contribution in [0.1, 0.15) is 30.4 Å². The number of aromatic nitrogens is 3. The SMILES string of the molecule is CCOc1c(CCNc2ncnc3cccnc23)cc(Cl)c(F)c1[C@H]1CNC(=O)C1. The summed E-state index contributed by atoms with van der Waals surface area (Å²) >= 11 is 6.19. The van der Waals surface area contributed by atoms with E-state index in [1.807, 2.05) is 19.1 Å². The number of anilines is 1. The van der Waals surface area contributed by atoms with Gasteiger partial charge in [0.15, 0.2) is 5.82 Å². The summed E-state index contributed by atoms with van der Waals surface area (Å²) in [4.78, 5) is 24.5. The summed E-state index contributed by atoms with van der Waals surface area (Å²) in [5.74, 6) is 0.155. The van der Waals surface area contributed by atoms with E-state index in [2.05, 4.69) is 25.6 Å². The number of ether oxygens (including phenoxy) is 1. The van der Waals surface area contributed by atoms with Crippen LogP contribution in [0.25, 0.3) is 11.0 Å². The number of halogens is 2. The Hall–Kier alpha value is -3.00. The molecule has 1 atom stereocenters. The van der Waals surface area contributed by atoms with Crippen LogP contribution in [0, 0.1) is 5.82 Å². The monoisotopic (exact) mass is 429 g/mol. The summed E-state index contributed by atoms with van der Waals surface area (Å²) in [7, 11) is 0. The molecule has 4 rings (SSSR count). The van der Waals surface area contributed by atoms with Crippen LogP contribution in [0.4, 0.5) is 10.2 Å². The highest BCUT2D eigenvalue weighted by Crippen LogP contribution is 2.39. The molecule has 0 saturated carbocycles. The zero-order chi connectivity index (χ0) is 21.1. The molecule has 1 aliphatic heterocycles. The first kappa shape index (κ1) is 20.3. The number of carbonyl (C=O) groups excluding carboxylic acids is 1. The summed E-state index contributed by atoms with van der Waals surface area (Å²) in [6, 6.07) is 5.27. The van der Waals surface area contributed by atoms with E-state index in [-0.39, 0.29) is 23.3 Å². The van der Waals surface area contributed by atoms with Gasteiger partial charge in [-0.1, -0.05) is 11.6 Å². The van der Waals surface area contributed by atoms with Gasteiger partial charge in [-0.25, -0.2) is 14.4 Å². The lowest BCUT2D eigenvalue weighted by atomic mass is 9.93. The van der Waals surface area contributed by atoms with Crippen LogP contribution in [-0.2, 0) is 11.2 Å². The van der Waals surface area contributed by atoms with Crippen molar-refractivity contribution < 1.29 is 13.9 Å². The van der Waals surface area contributed by atoms with Crippen LogP contribution in [0.3, 0.4) is 0 Å². The summed E-state index contributed by atoms with van der Waals surface area (Å²) in [5.41, 5.74) is 2.57. The predicted molar refractivity (Wildman–Crippen MR) is 112 cm³/mol. The number of amides is 1. The van der Waals surface area contributed by atoms with Gasteiger partial charge in [0.05, 0.1) is 17.1 Å². The van der Waals surface area contributed by atoms with E-state index in [9.17, 15) is 9.18 Å². The molecule has 1 amide bonds. The maximum absolute atomic E-state index is 14.9. The zero-order valence-corrected chi connectivity index (χ0v) is 17.2. The first-order valence-corrected chi connectivity index (χ1v) is 10.2. The molecule has 1 fully saturated rings. The molecule has 1 aliphatic rings. The second kappa shape index (κ2) is 8.79. The first-order chi connectivity index (χ1) is 14.6. The number of hydrogen-bond donors (Lipinski definition) is 2. The molecule has 9 heteroatoms. The van der Waals surface area contributed by atoms with E-state index in [1.54, 1.807) is 12.3 Å². The quantitative estimate of drug-likeness (QED) is 0.597. The Balaban J connectivity index is 1.60. The predicted octanol–water partition coefficient (Wildman–Crippen LogP) is 3.47. The van der Waals surface area contributed by atoms with E-state index >= 15 is 0 Å². The highest BCUT2D eigenvalue weighted by Gasteiger charge is 2.31. The van der Waals surface area contributed by atoms with E-state index < -0.39 is 5.82 Å². The maximum Gasteiger partial charge on any atom is 0.220 e. The number of rotatable bonds is 7. The molecule has 156 valence electrons. The largest absolute Gasteiger partial charge is 0.493 e. The van der Waals surface area contributed by atoms with E-state index in [4.69, 9.17) is 16.3 Å². The molecule has 1 aromatic carbocycles. The Morgan fingerprint density at radius 3 is 3.00 bits per heavy atom. The summed E-state index contributed by atoms with van der Waals surface area (Å²) in [6.07, 6.45) is 3.91. The molecule has 2 N–H and O–H groups in total. The van der Waals surface area contributed by atoms with Crippen LogP contribution < -0.4 is 15.4 Å². The minimum atomic E-state index is -0.524. The summed E-state index contributed by atoms with van der Waals surface area (Å²) in [5, 5.41) is 6.04. The standard InChI is InChI=1S/C21H21ClFN5O2/c1-2-30-20-12(8-14(22)18(23)17(20)13-9-16(29)26-10-13)5-7-25-21-19-15(27-11-28-21)4-3-6-24-19/h3-4,6,8,11,13H,2,5,7,9-10H2,1H3,(H,26,29)(H,25,27,28)/t13-/m1/s1. The molecule has 0 radical (unpaired) electrons. The van der Waals surface area contributed by atoms with Crippen molar-refractivity contribution >= 4 is 34.4 Å². The second-order valence-electron chi connectivity index (χ2n) is 6.98. The van der Waals surface area contributed by atoms with Crippen molar-refractivity contribution in [1.82, 2.24) is 20.3 Å². The number of nitrogens with zero attached hydrogens (tertiary/aromatic N) is 3. The van der Waals surface area contributed by atoms with Gasteiger partial charge < -0.3 is 15.4 Å². The number of carbonyl (C=O) groups is 1. The smallest absolute Gasteiger partial charge is 0.220 e. The molecule has 30 heavy (non-hydrogen) atoms. The highest BCUT2D eigenvalue weighted by atomic mass is 35.5. The van der Waals surface area contributed by atoms with Crippen LogP contribution in [0.5, 0.6) is 5.75 Å². The fourth-order valence-electron chi connectivity index (χ4n) is 3.70. The van der Waals surface area contributed by atoms with Gasteiger partial charge in [-0.3, -0.25) is 9.78 Å². The molecule has 0 aliphatic carbocycles. The zero-order valence-electron chi connectivity index (χ0n) is 16.4. The van der Waals surface area contributed by atoms with Gasteiger partial charge in [0.25, 0.3) is 0 Å². The molecular weight excluding hydrogens is 409 g/mol. The van der Waals surface area contributed by atoms with E-state index in [0.717, 1.165) is 11.1 Å². The molecule has 3 heterocycles. The lowest BCUT2D eigenvalue weighted by Gasteiger charge is -2.20. The van der Waals surface area contributed by atoms with Crippen molar-refractivity contribution in [3.05, 3.63) is 52.7 Å². The third kappa shape index (κ3) is 4.00. The van der Waals surface area contributed by atoms with Crippen molar-refractivity contribution in [3.8, 4) is 5.75 Å². The van der Waals surface area contributed by atoms with Crippen molar-refractivity contribution in [1.29, 1.82) is 0 Å². The third-order valence-electron chi connectivity index (χ3n) is 5.04. The number of benzene rings is 1. The number of nitrogens with one attached hydrogen (secondary N) is 2. The Morgan fingerprint density at radius 2 is 2.23 bits per heavy atom. The Kier molecular flexibility index (Phi) is 5.94. The maximum atomic E-state index is 14.9. The van der Waals surface area contributed by atoms with Crippen molar-refractivity contribution in [3.63, 3.8) is 0 Å². The third-order valence-corrected chi connectivity index (χ3v) is 5.31. The molecule has 2 aromatic heterocycles. The van der Waals surface area contributed by atoms with Crippen LogP contribution >= 0.6 is 11.6 Å². The van der Waals surface area contributed by atoms with E-state index in [0.29, 0.717) is 48.8 Å². The van der Waals surface area contributed by atoms with Gasteiger partial charge in [-0.2, -0.15) is 0 Å². The average molecular weight is 430 g/mol. The topological polar surface area (TPSA) is 89.0 Å². The summed E-state index contributed by atoms with van der Waals surface area (Å²) < 4.78 is 20.7. The van der Waals surface area contributed by atoms with Gasteiger partial charge in [-0.15, -0.1) is 0 Å². The van der Waals surface area contributed by atoms with Crippen LogP contribution in [0.15, 0.2) is 30.7 Å². The van der Waals surface area contributed by atoms with Gasteiger partial charge in [0.2, 0.25) is 5.91 Å². The van der Waals surface area contributed by atoms with Gasteiger partial charge >= 0.3 is 0 Å². The minimum absolute atomic E-state index is 0.0250. The molecule has 0 bridgehead atoms. The fourth-order valence-corrected chi connectivity index (χ4v) is 3.93. The average Bonchev–Trinajstić information content (AvgIpc) is 3.17. The first-order valence-electron chi connectivity index (χ1n) is 9.78. The van der Waals surface area contributed by atoms with Crippen molar-refractivity contribution in [2.75, 3.05) is 25.0 Å². The van der Waals surface area contributed by atoms with Gasteiger partial charge in [-0.05, 0) is 37.1 Å². The Bertz CT molecular complexity index is 1090. The molecule has 1 saturated heterocycles. The second-order valence-corrected chi connectivity index (χ2v) is 7.39. The van der Waals surface area contributed by atoms with Gasteiger partial charge in [0.1, 0.15) is 23.4 Å². The lowest BCUT2D eigenvalue weighted by molar-refractivity contribution is -0.119. The number of fused-ring (bicyclic) bond motifs is 1. The van der Waals surface area contributed by atoms with E-state index in [1.165, 1.54) is 6.33 Å². The highest BCUT2D eigenvalue weighted by molar-refractivity contribution is 6.31. The molecule has 0 spiro atoms. The molecule has 3 aromatic rings. The van der Waals surface area contributed by atoms with Crippen molar-refractivity contribution in [2.24, 2.45) is 0 Å². The fraction of sp³-hybridized carbons (Fsp3) is 0.333. The molecular formula is C21H21ClFN5O2. The van der Waals surface area contributed by atoms with Crippen LogP contribution in [0.2, 0.25) is 5.02 Å². The normalized spacial score (nSPS) is 16.0. The minimum Gasteiger partial charge on any atom is -0.493 e. The molecule has 0 unspecified atom stereocenters. The lowest BCUT2D eigenvalue weighted by Crippen LogP contribution is -2.15. The number of hydrogen-bond acceptors (Lipinski definition) is 6. The Morgan fingerprint density at radius 1 is 1.37 bits per heavy atom.